The van der Waals surface area contributed by atoms with Gasteiger partial charge < -0.3 is 10.0 Å². The smallest absolute Gasteiger partial charge is 0.226 e. The van der Waals surface area contributed by atoms with Crippen LogP contribution in [0.25, 0.3) is 0 Å². The van der Waals surface area contributed by atoms with E-state index in [1.165, 1.54) is 5.56 Å². The number of amides is 1. The minimum Gasteiger partial charge on any atom is -0.391 e. The summed E-state index contributed by atoms with van der Waals surface area (Å²) in [5, 5.41) is 9.91. The van der Waals surface area contributed by atoms with Gasteiger partial charge in [0.15, 0.2) is 0 Å². The minimum atomic E-state index is -0.363. The molecular formula is C16H20BrNO2. The average molecular weight is 338 g/mol. The number of halogens is 1. The molecule has 1 aliphatic carbocycles. The third kappa shape index (κ3) is 2.77. The molecule has 4 heteroatoms. The van der Waals surface area contributed by atoms with Crippen LogP contribution in [-0.4, -0.2) is 35.1 Å². The molecule has 1 amide bonds. The first-order chi connectivity index (χ1) is 9.56. The van der Waals surface area contributed by atoms with Crippen molar-refractivity contribution >= 4 is 21.8 Å². The number of benzene rings is 1. The standard InChI is InChI=1S/C16H20BrNO2/c1-10-6-7-18(9-15(10)19)16(20)14-8-13(14)11-2-4-12(17)5-3-11/h2-5,10,13-15,19H,6-9H2,1H3. The SMILES string of the molecule is CC1CCN(C(=O)C2CC2c2ccc(Br)cc2)CC1O. The molecule has 2 fully saturated rings. The monoisotopic (exact) mass is 337 g/mol. The molecule has 1 heterocycles. The van der Waals surface area contributed by atoms with E-state index < -0.39 is 0 Å². The molecule has 0 spiro atoms. The highest BCUT2D eigenvalue weighted by atomic mass is 79.9. The average Bonchev–Trinajstić information content (AvgIpc) is 3.22. The molecule has 1 aromatic rings. The van der Waals surface area contributed by atoms with Crippen LogP contribution in [0.15, 0.2) is 28.7 Å². The second kappa shape index (κ2) is 5.49. The van der Waals surface area contributed by atoms with E-state index in [4.69, 9.17) is 0 Å². The summed E-state index contributed by atoms with van der Waals surface area (Å²) in [5.41, 5.74) is 1.25. The van der Waals surface area contributed by atoms with Crippen LogP contribution in [0.3, 0.4) is 0 Å². The van der Waals surface area contributed by atoms with Crippen molar-refractivity contribution in [1.82, 2.24) is 4.90 Å². The van der Waals surface area contributed by atoms with Gasteiger partial charge >= 0.3 is 0 Å². The van der Waals surface area contributed by atoms with E-state index in [0.717, 1.165) is 23.9 Å². The van der Waals surface area contributed by atoms with Crippen molar-refractivity contribution in [3.05, 3.63) is 34.3 Å². The number of carbonyl (C=O) groups is 1. The van der Waals surface area contributed by atoms with Gasteiger partial charge in [0.1, 0.15) is 0 Å². The van der Waals surface area contributed by atoms with E-state index in [2.05, 4.69) is 28.1 Å². The Balaban J connectivity index is 1.61. The molecule has 1 N–H and O–H groups in total. The molecule has 1 saturated heterocycles. The van der Waals surface area contributed by atoms with Gasteiger partial charge in [-0.1, -0.05) is 35.0 Å². The number of hydrogen-bond donors (Lipinski definition) is 1. The van der Waals surface area contributed by atoms with Crippen LogP contribution in [0.4, 0.5) is 0 Å². The van der Waals surface area contributed by atoms with Crippen molar-refractivity contribution in [3.63, 3.8) is 0 Å². The van der Waals surface area contributed by atoms with Gasteiger partial charge in [-0.05, 0) is 42.4 Å². The van der Waals surface area contributed by atoms with Crippen molar-refractivity contribution in [2.24, 2.45) is 11.8 Å². The zero-order chi connectivity index (χ0) is 14.3. The van der Waals surface area contributed by atoms with E-state index in [1.54, 1.807) is 0 Å². The predicted octanol–water partition coefficient (Wildman–Crippen LogP) is 2.78. The van der Waals surface area contributed by atoms with E-state index in [9.17, 15) is 9.90 Å². The number of aliphatic hydroxyl groups is 1. The predicted molar refractivity (Wildman–Crippen MR) is 81.4 cm³/mol. The van der Waals surface area contributed by atoms with Crippen LogP contribution in [0.5, 0.6) is 0 Å². The van der Waals surface area contributed by atoms with E-state index >= 15 is 0 Å². The van der Waals surface area contributed by atoms with Gasteiger partial charge in [-0.3, -0.25) is 4.79 Å². The van der Waals surface area contributed by atoms with Gasteiger partial charge in [-0.15, -0.1) is 0 Å². The van der Waals surface area contributed by atoms with Crippen molar-refractivity contribution in [2.45, 2.75) is 31.8 Å². The first-order valence-corrected chi connectivity index (χ1v) is 8.08. The molecule has 4 unspecified atom stereocenters. The van der Waals surface area contributed by atoms with Gasteiger partial charge in [0, 0.05) is 23.5 Å². The van der Waals surface area contributed by atoms with Crippen LogP contribution in [0.2, 0.25) is 0 Å². The highest BCUT2D eigenvalue weighted by molar-refractivity contribution is 9.10. The number of likely N-dealkylation sites (tertiary alicyclic amines) is 1. The summed E-state index contributed by atoms with van der Waals surface area (Å²) in [6.07, 6.45) is 1.49. The molecule has 1 aromatic carbocycles. The lowest BCUT2D eigenvalue weighted by molar-refractivity contribution is -0.136. The Labute approximate surface area is 128 Å². The van der Waals surface area contributed by atoms with Crippen molar-refractivity contribution in [1.29, 1.82) is 0 Å². The number of aliphatic hydroxyl groups excluding tert-OH is 1. The van der Waals surface area contributed by atoms with Gasteiger partial charge in [-0.2, -0.15) is 0 Å². The number of hydrogen-bond acceptors (Lipinski definition) is 2. The maximum Gasteiger partial charge on any atom is 0.226 e. The highest BCUT2D eigenvalue weighted by Gasteiger charge is 2.46. The second-order valence-corrected chi connectivity index (χ2v) is 7.03. The molecule has 3 rings (SSSR count). The molecule has 2 aliphatic rings. The summed E-state index contributed by atoms with van der Waals surface area (Å²) >= 11 is 3.43. The highest BCUT2D eigenvalue weighted by Crippen LogP contribution is 2.48. The molecule has 0 bridgehead atoms. The van der Waals surface area contributed by atoms with Crippen LogP contribution >= 0.6 is 15.9 Å². The van der Waals surface area contributed by atoms with E-state index in [-0.39, 0.29) is 17.9 Å². The number of nitrogens with zero attached hydrogens (tertiary/aromatic N) is 1. The number of rotatable bonds is 2. The Morgan fingerprint density at radius 1 is 1.35 bits per heavy atom. The summed E-state index contributed by atoms with van der Waals surface area (Å²) < 4.78 is 1.07. The van der Waals surface area contributed by atoms with Crippen LogP contribution in [0.1, 0.15) is 31.2 Å². The van der Waals surface area contributed by atoms with Gasteiger partial charge in [0.05, 0.1) is 6.10 Å². The Morgan fingerprint density at radius 2 is 2.05 bits per heavy atom. The van der Waals surface area contributed by atoms with Gasteiger partial charge in [-0.25, -0.2) is 0 Å². The summed E-state index contributed by atoms with van der Waals surface area (Å²) in [6.45, 7) is 3.35. The molecule has 3 nitrogen and oxygen atoms in total. The maximum atomic E-state index is 12.5. The zero-order valence-electron chi connectivity index (χ0n) is 11.6. The van der Waals surface area contributed by atoms with Crippen molar-refractivity contribution < 1.29 is 9.90 Å². The summed E-state index contributed by atoms with van der Waals surface area (Å²) in [4.78, 5) is 14.3. The third-order valence-electron chi connectivity index (χ3n) is 4.64. The zero-order valence-corrected chi connectivity index (χ0v) is 13.2. The maximum absolute atomic E-state index is 12.5. The van der Waals surface area contributed by atoms with Gasteiger partial charge in [0.25, 0.3) is 0 Å². The third-order valence-corrected chi connectivity index (χ3v) is 5.16. The minimum absolute atomic E-state index is 0.122. The van der Waals surface area contributed by atoms with Gasteiger partial charge in [0.2, 0.25) is 5.91 Å². The molecule has 1 saturated carbocycles. The summed E-state index contributed by atoms with van der Waals surface area (Å²) in [5.74, 6) is 1.02. The second-order valence-electron chi connectivity index (χ2n) is 6.12. The summed E-state index contributed by atoms with van der Waals surface area (Å²) in [6, 6.07) is 8.24. The molecule has 20 heavy (non-hydrogen) atoms. The molecular weight excluding hydrogens is 318 g/mol. The Kier molecular flexibility index (Phi) is 3.87. The van der Waals surface area contributed by atoms with E-state index in [0.29, 0.717) is 18.4 Å². The molecule has 0 aromatic heterocycles. The fourth-order valence-corrected chi connectivity index (χ4v) is 3.29. The number of carbonyl (C=O) groups excluding carboxylic acids is 1. The Bertz CT molecular complexity index is 502. The topological polar surface area (TPSA) is 40.5 Å². The normalized spacial score (nSPS) is 33.0. The largest absolute Gasteiger partial charge is 0.391 e. The first-order valence-electron chi connectivity index (χ1n) is 7.28. The fraction of sp³-hybridized carbons (Fsp3) is 0.562. The van der Waals surface area contributed by atoms with Crippen LogP contribution in [0, 0.1) is 11.8 Å². The van der Waals surface area contributed by atoms with E-state index in [1.807, 2.05) is 24.0 Å². The lowest BCUT2D eigenvalue weighted by Gasteiger charge is -2.34. The number of β-amino-alcohol motifs (C(OH)–C–C–N with tert-alkyl or cyclic N) is 1. The lowest BCUT2D eigenvalue weighted by Crippen LogP contribution is -2.46. The van der Waals surface area contributed by atoms with Crippen molar-refractivity contribution in [2.75, 3.05) is 13.1 Å². The Morgan fingerprint density at radius 3 is 2.70 bits per heavy atom. The van der Waals surface area contributed by atoms with Crippen molar-refractivity contribution in [3.8, 4) is 0 Å². The molecule has 108 valence electrons. The fourth-order valence-electron chi connectivity index (χ4n) is 3.03. The molecule has 1 aliphatic heterocycles. The summed E-state index contributed by atoms with van der Waals surface area (Å²) in [7, 11) is 0. The Hall–Kier alpha value is -0.870. The first kappa shape index (κ1) is 14.1. The molecule has 0 radical (unpaired) electrons. The molecule has 4 atom stereocenters. The van der Waals surface area contributed by atoms with Crippen LogP contribution < -0.4 is 0 Å². The lowest BCUT2D eigenvalue weighted by atomic mass is 9.95. The number of piperidine rings is 1. The quantitative estimate of drug-likeness (QED) is 0.901. The van der Waals surface area contributed by atoms with Crippen LogP contribution in [-0.2, 0) is 4.79 Å².